The van der Waals surface area contributed by atoms with E-state index in [-0.39, 0.29) is 6.42 Å². The lowest BCUT2D eigenvalue weighted by Crippen LogP contribution is -2.52. The summed E-state index contributed by atoms with van der Waals surface area (Å²) < 4.78 is 5.27. The Bertz CT molecular complexity index is 317. The van der Waals surface area contributed by atoms with Crippen molar-refractivity contribution in [3.05, 3.63) is 0 Å². The predicted molar refractivity (Wildman–Crippen MR) is 62.2 cm³/mol. The third kappa shape index (κ3) is 3.90. The van der Waals surface area contributed by atoms with E-state index in [2.05, 4.69) is 0 Å². The topological polar surface area (TPSA) is 73.6 Å². The van der Waals surface area contributed by atoms with Gasteiger partial charge in [-0.25, -0.2) is 4.79 Å². The molecule has 1 aliphatic rings. The lowest BCUT2D eigenvalue weighted by molar-refractivity contribution is -0.0216. The van der Waals surface area contributed by atoms with Crippen molar-refractivity contribution in [3.8, 4) is 6.07 Å². The number of likely N-dealkylation sites (tertiary alicyclic amines) is 1. The first-order chi connectivity index (χ1) is 7.85. The minimum Gasteiger partial charge on any atom is -0.444 e. The highest BCUT2D eigenvalue weighted by Gasteiger charge is 2.35. The van der Waals surface area contributed by atoms with Crippen LogP contribution in [0.15, 0.2) is 0 Å². The van der Waals surface area contributed by atoms with Crippen molar-refractivity contribution >= 4 is 6.09 Å². The number of hydrogen-bond acceptors (Lipinski definition) is 4. The van der Waals surface area contributed by atoms with Crippen LogP contribution in [-0.2, 0) is 4.74 Å². The van der Waals surface area contributed by atoms with Crippen LogP contribution < -0.4 is 0 Å². The van der Waals surface area contributed by atoms with Crippen LogP contribution in [0.2, 0.25) is 0 Å². The fraction of sp³-hybridized carbons (Fsp3) is 0.833. The molecule has 0 bridgehead atoms. The van der Waals surface area contributed by atoms with E-state index in [4.69, 9.17) is 10.00 Å². The highest BCUT2D eigenvalue weighted by Crippen LogP contribution is 2.22. The number of carbonyl (C=O) groups is 1. The molecule has 2 unspecified atom stereocenters. The smallest absolute Gasteiger partial charge is 0.410 e. The van der Waals surface area contributed by atoms with Gasteiger partial charge in [0.05, 0.1) is 24.6 Å². The summed E-state index contributed by atoms with van der Waals surface area (Å²) in [6.45, 7) is 5.93. The van der Waals surface area contributed by atoms with E-state index < -0.39 is 23.8 Å². The quantitative estimate of drug-likeness (QED) is 0.756. The van der Waals surface area contributed by atoms with Crippen LogP contribution in [0, 0.1) is 11.3 Å². The second-order valence-electron chi connectivity index (χ2n) is 5.31. The first-order valence-corrected chi connectivity index (χ1v) is 5.90. The molecule has 1 fully saturated rings. The molecule has 1 amide bonds. The number of aliphatic hydroxyl groups excluding tert-OH is 1. The number of ether oxygens (including phenoxy) is 1. The molecule has 0 radical (unpaired) electrons. The maximum Gasteiger partial charge on any atom is 0.410 e. The maximum atomic E-state index is 11.9. The molecule has 0 aromatic heterocycles. The van der Waals surface area contributed by atoms with Crippen LogP contribution in [0.5, 0.6) is 0 Å². The number of hydrogen-bond donors (Lipinski definition) is 1. The lowest BCUT2D eigenvalue weighted by Gasteiger charge is -2.38. The number of rotatable bonds is 1. The zero-order valence-corrected chi connectivity index (χ0v) is 10.6. The van der Waals surface area contributed by atoms with Crippen molar-refractivity contribution in [2.75, 3.05) is 6.54 Å². The summed E-state index contributed by atoms with van der Waals surface area (Å²) in [5, 5.41) is 18.5. The van der Waals surface area contributed by atoms with E-state index >= 15 is 0 Å². The van der Waals surface area contributed by atoms with Gasteiger partial charge in [-0.3, -0.25) is 0 Å². The van der Waals surface area contributed by atoms with Crippen molar-refractivity contribution < 1.29 is 14.6 Å². The van der Waals surface area contributed by atoms with E-state index in [0.717, 1.165) is 6.42 Å². The van der Waals surface area contributed by atoms with Gasteiger partial charge >= 0.3 is 6.09 Å². The zero-order valence-electron chi connectivity index (χ0n) is 10.6. The van der Waals surface area contributed by atoms with Crippen LogP contribution in [0.4, 0.5) is 4.79 Å². The van der Waals surface area contributed by atoms with Gasteiger partial charge in [-0.2, -0.15) is 5.26 Å². The lowest BCUT2D eigenvalue weighted by atomic mass is 9.97. The van der Waals surface area contributed by atoms with Gasteiger partial charge in [0.25, 0.3) is 0 Å². The molecule has 1 heterocycles. The number of piperidine rings is 1. The number of aliphatic hydroxyl groups is 1. The van der Waals surface area contributed by atoms with E-state index in [1.165, 1.54) is 4.90 Å². The Hall–Kier alpha value is -1.28. The average Bonchev–Trinajstić information content (AvgIpc) is 2.18. The molecule has 5 heteroatoms. The zero-order chi connectivity index (χ0) is 13.1. The highest BCUT2D eigenvalue weighted by atomic mass is 16.6. The molecule has 0 aromatic rings. The Morgan fingerprint density at radius 2 is 2.24 bits per heavy atom. The first-order valence-electron chi connectivity index (χ1n) is 5.90. The van der Waals surface area contributed by atoms with E-state index in [1.54, 1.807) is 20.8 Å². The van der Waals surface area contributed by atoms with Crippen LogP contribution in [0.1, 0.15) is 40.0 Å². The third-order valence-electron chi connectivity index (χ3n) is 2.67. The van der Waals surface area contributed by atoms with Crippen LogP contribution in [0.3, 0.4) is 0 Å². The molecular formula is C12H20N2O3. The largest absolute Gasteiger partial charge is 0.444 e. The second kappa shape index (κ2) is 5.37. The Balaban J connectivity index is 2.72. The molecule has 1 aliphatic heterocycles. The molecule has 5 nitrogen and oxygen atoms in total. The van der Waals surface area contributed by atoms with E-state index in [0.29, 0.717) is 13.0 Å². The molecule has 1 N–H and O–H groups in total. The molecule has 17 heavy (non-hydrogen) atoms. The summed E-state index contributed by atoms with van der Waals surface area (Å²) in [5.41, 5.74) is -0.559. The summed E-state index contributed by atoms with van der Waals surface area (Å²) in [5.74, 6) is 0. The van der Waals surface area contributed by atoms with Gasteiger partial charge in [-0.05, 0) is 33.6 Å². The van der Waals surface area contributed by atoms with Gasteiger partial charge in [0.15, 0.2) is 0 Å². The number of nitriles is 1. The fourth-order valence-electron chi connectivity index (χ4n) is 1.92. The summed E-state index contributed by atoms with van der Waals surface area (Å²) in [6, 6.07) is 1.56. The van der Waals surface area contributed by atoms with Crippen molar-refractivity contribution in [1.82, 2.24) is 4.90 Å². The SMILES string of the molecule is CC(C)(C)OC(=O)N1CCCC(O)C1CC#N. The third-order valence-corrected chi connectivity index (χ3v) is 2.67. The molecule has 96 valence electrons. The Morgan fingerprint density at radius 3 is 2.76 bits per heavy atom. The first kappa shape index (κ1) is 13.8. The highest BCUT2D eigenvalue weighted by molar-refractivity contribution is 5.68. The normalized spacial score (nSPS) is 25.2. The van der Waals surface area contributed by atoms with E-state index in [9.17, 15) is 9.90 Å². The minimum absolute atomic E-state index is 0.139. The molecule has 1 rings (SSSR count). The summed E-state index contributed by atoms with van der Waals surface area (Å²) >= 11 is 0. The van der Waals surface area contributed by atoms with Crippen molar-refractivity contribution in [2.45, 2.75) is 57.8 Å². The fourth-order valence-corrected chi connectivity index (χ4v) is 1.92. The van der Waals surface area contributed by atoms with Crippen LogP contribution >= 0.6 is 0 Å². The molecular weight excluding hydrogens is 220 g/mol. The van der Waals surface area contributed by atoms with Crippen molar-refractivity contribution in [3.63, 3.8) is 0 Å². The van der Waals surface area contributed by atoms with Gasteiger partial charge in [0.2, 0.25) is 0 Å². The molecule has 0 spiro atoms. The van der Waals surface area contributed by atoms with Crippen molar-refractivity contribution in [2.24, 2.45) is 0 Å². The monoisotopic (exact) mass is 240 g/mol. The summed E-state index contributed by atoms with van der Waals surface area (Å²) in [6.07, 6.45) is 0.432. The summed E-state index contributed by atoms with van der Waals surface area (Å²) in [4.78, 5) is 13.4. The molecule has 0 saturated carbocycles. The minimum atomic E-state index is -0.629. The molecule has 0 aliphatic carbocycles. The average molecular weight is 240 g/mol. The number of carbonyl (C=O) groups excluding carboxylic acids is 1. The van der Waals surface area contributed by atoms with Crippen molar-refractivity contribution in [1.29, 1.82) is 5.26 Å². The molecule has 0 aromatic carbocycles. The molecule has 2 atom stereocenters. The second-order valence-corrected chi connectivity index (χ2v) is 5.31. The Morgan fingerprint density at radius 1 is 1.59 bits per heavy atom. The predicted octanol–water partition coefficient (Wildman–Crippen LogP) is 1.66. The summed E-state index contributed by atoms with van der Waals surface area (Å²) in [7, 11) is 0. The van der Waals surface area contributed by atoms with Gasteiger partial charge in [-0.15, -0.1) is 0 Å². The van der Waals surface area contributed by atoms with Crippen LogP contribution in [0.25, 0.3) is 0 Å². The number of amides is 1. The van der Waals surface area contributed by atoms with Gasteiger partial charge in [0, 0.05) is 6.54 Å². The number of nitrogens with zero attached hydrogens (tertiary/aromatic N) is 2. The van der Waals surface area contributed by atoms with Gasteiger partial charge in [0.1, 0.15) is 5.60 Å². The maximum absolute atomic E-state index is 11.9. The molecule has 1 saturated heterocycles. The Kier molecular flexibility index (Phi) is 4.35. The van der Waals surface area contributed by atoms with Gasteiger partial charge in [-0.1, -0.05) is 0 Å². The standard InChI is InChI=1S/C12H20N2O3/c1-12(2,3)17-11(16)14-8-4-5-10(15)9(14)6-7-13/h9-10,15H,4-6,8H2,1-3H3. The Labute approximate surface area is 102 Å². The van der Waals surface area contributed by atoms with Gasteiger partial charge < -0.3 is 14.7 Å². The van der Waals surface area contributed by atoms with Crippen LogP contribution in [-0.4, -0.2) is 40.4 Å². The van der Waals surface area contributed by atoms with E-state index in [1.807, 2.05) is 6.07 Å².